The highest BCUT2D eigenvalue weighted by Crippen LogP contribution is 2.30. The zero-order chi connectivity index (χ0) is 24.9. The number of carbonyl (C=O) groups excluding carboxylic acids is 3. The number of benzene rings is 2. The third-order valence-corrected chi connectivity index (χ3v) is 7.51. The molecular weight excluding hydrogens is 461 g/mol. The van der Waals surface area contributed by atoms with Crippen LogP contribution in [-0.2, 0) is 26.2 Å². The predicted molar refractivity (Wildman–Crippen MR) is 124 cm³/mol. The van der Waals surface area contributed by atoms with Gasteiger partial charge in [-0.05, 0) is 49.6 Å². The highest BCUT2D eigenvalue weighted by Gasteiger charge is 2.40. The van der Waals surface area contributed by atoms with Crippen molar-refractivity contribution in [3.63, 3.8) is 0 Å². The van der Waals surface area contributed by atoms with E-state index in [1.807, 2.05) is 0 Å². The van der Waals surface area contributed by atoms with Crippen molar-refractivity contribution in [2.75, 3.05) is 13.1 Å². The fourth-order valence-electron chi connectivity index (χ4n) is 3.97. The summed E-state index contributed by atoms with van der Waals surface area (Å²) in [5.41, 5.74) is 0.777. The highest BCUT2D eigenvalue weighted by atomic mass is 32.2. The Balaban J connectivity index is 1.73. The normalized spacial score (nSPS) is 15.0. The summed E-state index contributed by atoms with van der Waals surface area (Å²) >= 11 is 0. The average molecular weight is 490 g/mol. The predicted octanol–water partition coefficient (Wildman–Crippen LogP) is 2.69. The lowest BCUT2D eigenvalue weighted by atomic mass is 10.1. The van der Waals surface area contributed by atoms with E-state index in [1.165, 1.54) is 29.2 Å². The van der Waals surface area contributed by atoms with E-state index in [9.17, 15) is 27.2 Å². The first-order valence-electron chi connectivity index (χ1n) is 11.2. The van der Waals surface area contributed by atoms with E-state index in [4.69, 9.17) is 0 Å². The standard InChI is InChI=1S/C24H28FN3O5S/c1-3-20(23(30)26-4-2)27(16-17-11-13-18(25)14-12-17)22(29)10-7-15-28-24(31)19-8-5-6-9-21(19)34(28,32)33/h5-6,8-9,11-14,20H,3-4,7,10,15-16H2,1-2H3,(H,26,30)/t20-/m0/s1. The SMILES string of the molecule is CCNC(=O)[C@H](CC)N(Cc1ccc(F)cc1)C(=O)CCCN1C(=O)c2ccccc2S1(=O)=O. The van der Waals surface area contributed by atoms with Crippen LogP contribution in [0.25, 0.3) is 0 Å². The second kappa shape index (κ2) is 10.8. The lowest BCUT2D eigenvalue weighted by Crippen LogP contribution is -2.49. The molecule has 3 amide bonds. The van der Waals surface area contributed by atoms with Crippen molar-refractivity contribution in [3.8, 4) is 0 Å². The minimum absolute atomic E-state index is 0.0356. The molecule has 0 bridgehead atoms. The van der Waals surface area contributed by atoms with E-state index in [2.05, 4.69) is 5.32 Å². The first kappa shape index (κ1) is 25.4. The number of hydrogen-bond acceptors (Lipinski definition) is 5. The number of amides is 3. The number of nitrogens with one attached hydrogen (secondary N) is 1. The summed E-state index contributed by atoms with van der Waals surface area (Å²) in [5.74, 6) is -1.67. The van der Waals surface area contributed by atoms with Crippen molar-refractivity contribution in [2.24, 2.45) is 0 Å². The average Bonchev–Trinajstić information content (AvgIpc) is 3.01. The molecule has 0 saturated carbocycles. The zero-order valence-corrected chi connectivity index (χ0v) is 20.0. The third-order valence-electron chi connectivity index (χ3n) is 5.67. The van der Waals surface area contributed by atoms with Gasteiger partial charge in [0.05, 0.1) is 5.56 Å². The molecule has 2 aromatic carbocycles. The van der Waals surface area contributed by atoms with E-state index in [1.54, 1.807) is 38.1 Å². The van der Waals surface area contributed by atoms with Gasteiger partial charge in [-0.15, -0.1) is 0 Å². The van der Waals surface area contributed by atoms with Crippen molar-refractivity contribution in [1.82, 2.24) is 14.5 Å². The fraction of sp³-hybridized carbons (Fsp3) is 0.375. The van der Waals surface area contributed by atoms with Crippen LogP contribution < -0.4 is 5.32 Å². The Kier molecular flexibility index (Phi) is 8.03. The molecule has 1 aliphatic rings. The number of rotatable bonds is 10. The number of halogens is 1. The van der Waals surface area contributed by atoms with E-state index in [0.717, 1.165) is 4.31 Å². The van der Waals surface area contributed by atoms with Gasteiger partial charge in [-0.3, -0.25) is 14.4 Å². The summed E-state index contributed by atoms with van der Waals surface area (Å²) in [6.07, 6.45) is 0.406. The molecule has 0 fully saturated rings. The summed E-state index contributed by atoms with van der Waals surface area (Å²) < 4.78 is 39.5. The molecule has 34 heavy (non-hydrogen) atoms. The third kappa shape index (κ3) is 5.27. The van der Waals surface area contributed by atoms with Gasteiger partial charge in [-0.2, -0.15) is 0 Å². The van der Waals surface area contributed by atoms with Crippen LogP contribution in [0.2, 0.25) is 0 Å². The van der Waals surface area contributed by atoms with Crippen LogP contribution in [0.3, 0.4) is 0 Å². The molecule has 1 heterocycles. The first-order valence-corrected chi connectivity index (χ1v) is 12.6. The lowest BCUT2D eigenvalue weighted by molar-refractivity contribution is -0.141. The van der Waals surface area contributed by atoms with Gasteiger partial charge in [0.2, 0.25) is 11.8 Å². The summed E-state index contributed by atoms with van der Waals surface area (Å²) in [7, 11) is -3.95. The number of carbonyl (C=O) groups is 3. The van der Waals surface area contributed by atoms with Crippen molar-refractivity contribution in [1.29, 1.82) is 0 Å². The Morgan fingerprint density at radius 3 is 2.38 bits per heavy atom. The van der Waals surface area contributed by atoms with Gasteiger partial charge in [-0.1, -0.05) is 31.2 Å². The minimum Gasteiger partial charge on any atom is -0.355 e. The van der Waals surface area contributed by atoms with Crippen LogP contribution >= 0.6 is 0 Å². The van der Waals surface area contributed by atoms with E-state index >= 15 is 0 Å². The van der Waals surface area contributed by atoms with Crippen LogP contribution in [0, 0.1) is 5.82 Å². The summed E-state index contributed by atoms with van der Waals surface area (Å²) in [6, 6.07) is 10.9. The van der Waals surface area contributed by atoms with Gasteiger partial charge in [0.1, 0.15) is 16.8 Å². The maximum absolute atomic E-state index is 13.3. The molecule has 3 rings (SSSR count). The number of fused-ring (bicyclic) bond motifs is 1. The lowest BCUT2D eigenvalue weighted by Gasteiger charge is -2.30. The molecule has 0 aromatic heterocycles. The first-order chi connectivity index (χ1) is 16.2. The number of sulfonamides is 1. The highest BCUT2D eigenvalue weighted by molar-refractivity contribution is 7.90. The van der Waals surface area contributed by atoms with Crippen molar-refractivity contribution in [2.45, 2.75) is 50.6 Å². The second-order valence-electron chi connectivity index (χ2n) is 7.95. The molecule has 10 heteroatoms. The van der Waals surface area contributed by atoms with E-state index in [0.29, 0.717) is 18.5 Å². The van der Waals surface area contributed by atoms with Crippen LogP contribution in [0.5, 0.6) is 0 Å². The molecule has 0 unspecified atom stereocenters. The molecule has 0 aliphatic carbocycles. The topological polar surface area (TPSA) is 104 Å². The molecule has 0 spiro atoms. The molecule has 0 saturated heterocycles. The fourth-order valence-corrected chi connectivity index (χ4v) is 5.58. The Morgan fingerprint density at radius 2 is 1.76 bits per heavy atom. The summed E-state index contributed by atoms with van der Waals surface area (Å²) in [4.78, 5) is 39.7. The molecule has 0 radical (unpaired) electrons. The molecule has 1 N–H and O–H groups in total. The quantitative estimate of drug-likeness (QED) is 0.553. The maximum Gasteiger partial charge on any atom is 0.269 e. The van der Waals surface area contributed by atoms with Gasteiger partial charge < -0.3 is 10.2 Å². The largest absolute Gasteiger partial charge is 0.355 e. The maximum atomic E-state index is 13.3. The van der Waals surface area contributed by atoms with Crippen molar-refractivity contribution in [3.05, 3.63) is 65.5 Å². The molecule has 182 valence electrons. The Morgan fingerprint density at radius 1 is 1.09 bits per heavy atom. The van der Waals surface area contributed by atoms with Crippen LogP contribution in [0.4, 0.5) is 4.39 Å². The summed E-state index contributed by atoms with van der Waals surface area (Å²) in [6.45, 7) is 3.92. The van der Waals surface area contributed by atoms with Gasteiger partial charge in [-0.25, -0.2) is 17.1 Å². The Labute approximate surface area is 198 Å². The Bertz CT molecular complexity index is 1170. The zero-order valence-electron chi connectivity index (χ0n) is 19.2. The molecule has 1 aliphatic heterocycles. The van der Waals surface area contributed by atoms with Crippen LogP contribution in [-0.4, -0.2) is 54.5 Å². The monoisotopic (exact) mass is 489 g/mol. The molecule has 8 nitrogen and oxygen atoms in total. The molecular formula is C24H28FN3O5S. The van der Waals surface area contributed by atoms with Gasteiger partial charge in [0, 0.05) is 26.1 Å². The van der Waals surface area contributed by atoms with Crippen LogP contribution in [0.1, 0.15) is 49.0 Å². The van der Waals surface area contributed by atoms with Crippen LogP contribution in [0.15, 0.2) is 53.4 Å². The van der Waals surface area contributed by atoms with Crippen molar-refractivity contribution >= 4 is 27.7 Å². The van der Waals surface area contributed by atoms with E-state index < -0.39 is 27.8 Å². The smallest absolute Gasteiger partial charge is 0.269 e. The van der Waals surface area contributed by atoms with Gasteiger partial charge in [0.25, 0.3) is 15.9 Å². The second-order valence-corrected chi connectivity index (χ2v) is 9.78. The number of nitrogens with zero attached hydrogens (tertiary/aromatic N) is 2. The Hall–Kier alpha value is -3.27. The van der Waals surface area contributed by atoms with Crippen molar-refractivity contribution < 1.29 is 27.2 Å². The number of hydrogen-bond donors (Lipinski definition) is 1. The van der Waals surface area contributed by atoms with E-state index in [-0.39, 0.29) is 48.2 Å². The van der Waals surface area contributed by atoms with Gasteiger partial charge in [0.15, 0.2) is 0 Å². The minimum atomic E-state index is -3.95. The summed E-state index contributed by atoms with van der Waals surface area (Å²) in [5, 5.41) is 2.73. The molecule has 2 aromatic rings. The molecule has 1 atom stereocenters. The number of likely N-dealkylation sites (N-methyl/N-ethyl adjacent to an activating group) is 1. The van der Waals surface area contributed by atoms with Gasteiger partial charge >= 0.3 is 0 Å².